The number of ether oxygens (including phenoxy) is 3. The van der Waals surface area contributed by atoms with E-state index in [2.05, 4.69) is 21.5 Å². The fourth-order valence-electron chi connectivity index (χ4n) is 3.69. The van der Waals surface area contributed by atoms with Crippen molar-refractivity contribution in [1.82, 2.24) is 4.90 Å². The van der Waals surface area contributed by atoms with E-state index in [0.717, 1.165) is 25.2 Å². The van der Waals surface area contributed by atoms with Gasteiger partial charge in [0.1, 0.15) is 5.75 Å². The Morgan fingerprint density at radius 2 is 1.77 bits per heavy atom. The van der Waals surface area contributed by atoms with E-state index >= 15 is 0 Å². The predicted molar refractivity (Wildman–Crippen MR) is 110 cm³/mol. The molecule has 30 heavy (non-hydrogen) atoms. The summed E-state index contributed by atoms with van der Waals surface area (Å²) in [5.74, 6) is 1.05. The van der Waals surface area contributed by atoms with Gasteiger partial charge in [0.15, 0.2) is 11.5 Å². The van der Waals surface area contributed by atoms with Crippen molar-refractivity contribution in [2.75, 3.05) is 38.8 Å². The van der Waals surface area contributed by atoms with Crippen molar-refractivity contribution in [2.24, 2.45) is 0 Å². The minimum atomic E-state index is -4.74. The van der Waals surface area contributed by atoms with Crippen LogP contribution in [0.2, 0.25) is 5.02 Å². The maximum Gasteiger partial charge on any atom is 0.573 e. The summed E-state index contributed by atoms with van der Waals surface area (Å²) < 4.78 is 51.8. The molecule has 1 saturated heterocycles. The van der Waals surface area contributed by atoms with Crippen molar-refractivity contribution in [3.8, 4) is 17.2 Å². The Labute approximate surface area is 178 Å². The van der Waals surface area contributed by atoms with Crippen LogP contribution in [0.4, 0.5) is 18.9 Å². The standard InChI is InChI=1S/C21H24ClF3N2O3/c1-14-12-26(13-15-4-7-19(28-2)20(10-15)29-3)8-9-27(14)18-6-5-16(11-17(18)22)30-21(23,24)25/h4-7,10-11,14H,8-9,12-13H2,1-3H3. The van der Waals surface area contributed by atoms with Crippen LogP contribution in [0.3, 0.4) is 0 Å². The van der Waals surface area contributed by atoms with Crippen LogP contribution in [0.15, 0.2) is 36.4 Å². The van der Waals surface area contributed by atoms with E-state index in [1.54, 1.807) is 20.3 Å². The fourth-order valence-corrected chi connectivity index (χ4v) is 3.97. The van der Waals surface area contributed by atoms with E-state index in [1.165, 1.54) is 12.1 Å². The van der Waals surface area contributed by atoms with Gasteiger partial charge < -0.3 is 19.1 Å². The van der Waals surface area contributed by atoms with Crippen LogP contribution in [-0.4, -0.2) is 51.2 Å². The van der Waals surface area contributed by atoms with Gasteiger partial charge in [-0.25, -0.2) is 0 Å². The molecule has 0 aromatic heterocycles. The molecule has 0 bridgehead atoms. The number of benzene rings is 2. The summed E-state index contributed by atoms with van der Waals surface area (Å²) in [5.41, 5.74) is 1.81. The third-order valence-corrected chi connectivity index (χ3v) is 5.33. The van der Waals surface area contributed by atoms with Gasteiger partial charge >= 0.3 is 6.36 Å². The fraction of sp³-hybridized carbons (Fsp3) is 0.429. The molecule has 5 nitrogen and oxygen atoms in total. The summed E-state index contributed by atoms with van der Waals surface area (Å²) in [6.07, 6.45) is -4.74. The SMILES string of the molecule is COc1ccc(CN2CCN(c3ccc(OC(F)(F)F)cc3Cl)C(C)C2)cc1OC. The van der Waals surface area contributed by atoms with Gasteiger partial charge in [-0.05, 0) is 36.8 Å². The van der Waals surface area contributed by atoms with Gasteiger partial charge in [0, 0.05) is 38.3 Å². The van der Waals surface area contributed by atoms with E-state index in [0.29, 0.717) is 23.7 Å². The van der Waals surface area contributed by atoms with E-state index in [4.69, 9.17) is 21.1 Å². The third-order valence-electron chi connectivity index (χ3n) is 5.03. The lowest BCUT2D eigenvalue weighted by Gasteiger charge is -2.41. The van der Waals surface area contributed by atoms with Gasteiger partial charge in [-0.2, -0.15) is 0 Å². The Morgan fingerprint density at radius 3 is 2.37 bits per heavy atom. The summed E-state index contributed by atoms with van der Waals surface area (Å²) in [4.78, 5) is 4.42. The van der Waals surface area contributed by atoms with Crippen molar-refractivity contribution >= 4 is 17.3 Å². The topological polar surface area (TPSA) is 34.2 Å². The van der Waals surface area contributed by atoms with Crippen molar-refractivity contribution in [3.05, 3.63) is 47.0 Å². The number of alkyl halides is 3. The lowest BCUT2D eigenvalue weighted by Crippen LogP contribution is -2.51. The maximum absolute atomic E-state index is 12.4. The first-order chi connectivity index (χ1) is 14.2. The molecule has 1 aliphatic rings. The minimum absolute atomic E-state index is 0.130. The second-order valence-electron chi connectivity index (χ2n) is 7.13. The van der Waals surface area contributed by atoms with Gasteiger partial charge in [-0.1, -0.05) is 17.7 Å². The first kappa shape index (κ1) is 22.4. The first-order valence-corrected chi connectivity index (χ1v) is 9.83. The molecule has 1 heterocycles. The molecule has 1 aliphatic heterocycles. The average Bonchev–Trinajstić information content (AvgIpc) is 2.67. The smallest absolute Gasteiger partial charge is 0.493 e. The van der Waals surface area contributed by atoms with Crippen molar-refractivity contribution in [2.45, 2.75) is 25.9 Å². The molecular weight excluding hydrogens is 421 g/mol. The summed E-state index contributed by atoms with van der Waals surface area (Å²) >= 11 is 6.26. The van der Waals surface area contributed by atoms with Crippen LogP contribution in [-0.2, 0) is 6.54 Å². The van der Waals surface area contributed by atoms with E-state index in [1.807, 2.05) is 18.2 Å². The molecule has 2 aromatic carbocycles. The Kier molecular flexibility index (Phi) is 6.88. The third kappa shape index (κ3) is 5.43. The zero-order valence-corrected chi connectivity index (χ0v) is 17.8. The van der Waals surface area contributed by atoms with Gasteiger partial charge in [-0.3, -0.25) is 4.90 Å². The second-order valence-corrected chi connectivity index (χ2v) is 7.54. The van der Waals surface area contributed by atoms with E-state index in [9.17, 15) is 13.2 Å². The van der Waals surface area contributed by atoms with E-state index < -0.39 is 6.36 Å². The monoisotopic (exact) mass is 444 g/mol. The Bertz CT molecular complexity index is 879. The Hall–Kier alpha value is -2.32. The number of halogens is 4. The molecule has 0 spiro atoms. The summed E-state index contributed by atoms with van der Waals surface area (Å²) in [7, 11) is 3.21. The predicted octanol–water partition coefficient (Wildman–Crippen LogP) is 4.97. The van der Waals surface area contributed by atoms with Gasteiger partial charge in [0.25, 0.3) is 0 Å². The molecule has 2 aromatic rings. The molecule has 164 valence electrons. The van der Waals surface area contributed by atoms with Crippen LogP contribution < -0.4 is 19.1 Å². The highest BCUT2D eigenvalue weighted by Crippen LogP contribution is 2.34. The van der Waals surface area contributed by atoms with Crippen LogP contribution in [0.5, 0.6) is 17.2 Å². The molecule has 0 N–H and O–H groups in total. The number of hydrogen-bond acceptors (Lipinski definition) is 5. The lowest BCUT2D eigenvalue weighted by atomic mass is 10.1. The highest BCUT2D eigenvalue weighted by molar-refractivity contribution is 6.33. The molecular formula is C21H24ClF3N2O3. The van der Waals surface area contributed by atoms with Gasteiger partial charge in [0.2, 0.25) is 0 Å². The number of piperazine rings is 1. The normalized spacial score (nSPS) is 17.7. The first-order valence-electron chi connectivity index (χ1n) is 9.45. The Morgan fingerprint density at radius 1 is 1.03 bits per heavy atom. The molecule has 1 fully saturated rings. The molecule has 0 aliphatic carbocycles. The minimum Gasteiger partial charge on any atom is -0.493 e. The summed E-state index contributed by atoms with van der Waals surface area (Å²) in [6.45, 7) is 5.09. The molecule has 1 unspecified atom stereocenters. The number of methoxy groups -OCH3 is 2. The number of rotatable bonds is 6. The lowest BCUT2D eigenvalue weighted by molar-refractivity contribution is -0.274. The molecule has 0 radical (unpaired) electrons. The molecule has 3 rings (SSSR count). The molecule has 0 saturated carbocycles. The van der Waals surface area contributed by atoms with Gasteiger partial charge in [0.05, 0.1) is 24.9 Å². The molecule has 9 heteroatoms. The van der Waals surface area contributed by atoms with Crippen molar-refractivity contribution in [3.63, 3.8) is 0 Å². The second kappa shape index (κ2) is 9.22. The van der Waals surface area contributed by atoms with Crippen molar-refractivity contribution < 1.29 is 27.4 Å². The highest BCUT2D eigenvalue weighted by Gasteiger charge is 2.32. The van der Waals surface area contributed by atoms with Crippen LogP contribution >= 0.6 is 11.6 Å². The average molecular weight is 445 g/mol. The number of nitrogens with zero attached hydrogens (tertiary/aromatic N) is 2. The van der Waals surface area contributed by atoms with Gasteiger partial charge in [-0.15, -0.1) is 13.2 Å². The number of hydrogen-bond donors (Lipinski definition) is 0. The zero-order chi connectivity index (χ0) is 21.9. The summed E-state index contributed by atoms with van der Waals surface area (Å²) in [6, 6.07) is 10.1. The molecule has 0 amide bonds. The Balaban J connectivity index is 1.65. The summed E-state index contributed by atoms with van der Waals surface area (Å²) in [5, 5.41) is 0.233. The quantitative estimate of drug-likeness (QED) is 0.628. The van der Waals surface area contributed by atoms with Crippen LogP contribution in [0.25, 0.3) is 0 Å². The molecule has 1 atom stereocenters. The zero-order valence-electron chi connectivity index (χ0n) is 17.0. The van der Waals surface area contributed by atoms with Crippen LogP contribution in [0.1, 0.15) is 12.5 Å². The maximum atomic E-state index is 12.4. The largest absolute Gasteiger partial charge is 0.573 e. The van der Waals surface area contributed by atoms with Crippen LogP contribution in [0, 0.1) is 0 Å². The highest BCUT2D eigenvalue weighted by atomic mass is 35.5. The van der Waals surface area contributed by atoms with Crippen molar-refractivity contribution in [1.29, 1.82) is 0 Å². The number of anilines is 1. The van der Waals surface area contributed by atoms with E-state index in [-0.39, 0.29) is 16.8 Å².